The van der Waals surface area contributed by atoms with Gasteiger partial charge in [-0.15, -0.1) is 0 Å². The minimum Gasteiger partial charge on any atom is -0.396 e. The topological polar surface area (TPSA) is 44.3 Å². The fraction of sp³-hybridized carbons (Fsp3) is 1.00. The Morgan fingerprint density at radius 2 is 2.15 bits per heavy atom. The van der Waals surface area contributed by atoms with Crippen molar-refractivity contribution in [3.63, 3.8) is 0 Å². The van der Waals surface area contributed by atoms with Gasteiger partial charge < -0.3 is 15.7 Å². The third-order valence-electron chi connectivity index (χ3n) is 2.59. The van der Waals surface area contributed by atoms with Gasteiger partial charge in [0, 0.05) is 12.6 Å². The molecule has 0 unspecified atom stereocenters. The zero-order chi connectivity index (χ0) is 9.36. The summed E-state index contributed by atoms with van der Waals surface area (Å²) in [5.41, 5.74) is 0. The molecule has 3 N–H and O–H groups in total. The van der Waals surface area contributed by atoms with Gasteiger partial charge in [0.25, 0.3) is 0 Å². The van der Waals surface area contributed by atoms with Crippen molar-refractivity contribution in [1.82, 2.24) is 10.6 Å². The Hall–Kier alpha value is -0.120. The van der Waals surface area contributed by atoms with Gasteiger partial charge in [-0.3, -0.25) is 0 Å². The molecule has 1 aliphatic heterocycles. The molecule has 1 fully saturated rings. The van der Waals surface area contributed by atoms with Crippen molar-refractivity contribution in [3.8, 4) is 0 Å². The lowest BCUT2D eigenvalue weighted by molar-refractivity contribution is 0.282. The molecule has 78 valence electrons. The number of unbranched alkanes of at least 4 members (excludes halogenated alkanes) is 1. The van der Waals surface area contributed by atoms with Crippen molar-refractivity contribution in [3.05, 3.63) is 0 Å². The first kappa shape index (κ1) is 11.0. The first-order chi connectivity index (χ1) is 6.43. The lowest BCUT2D eigenvalue weighted by atomic mass is 10.1. The fourth-order valence-electron chi connectivity index (χ4n) is 1.77. The second-order valence-corrected chi connectivity index (χ2v) is 3.76. The summed E-state index contributed by atoms with van der Waals surface area (Å²) in [5.74, 6) is 0. The first-order valence-electron chi connectivity index (χ1n) is 5.48. The molecule has 3 nitrogen and oxygen atoms in total. The summed E-state index contributed by atoms with van der Waals surface area (Å²) in [5, 5.41) is 15.6. The van der Waals surface area contributed by atoms with Crippen molar-refractivity contribution in [2.45, 2.75) is 38.1 Å². The molecule has 0 radical (unpaired) electrons. The molecule has 0 spiro atoms. The van der Waals surface area contributed by atoms with E-state index in [2.05, 4.69) is 10.6 Å². The Bertz CT molecular complexity index is 111. The van der Waals surface area contributed by atoms with Crippen molar-refractivity contribution in [2.75, 3.05) is 26.2 Å². The van der Waals surface area contributed by atoms with Crippen LogP contribution in [-0.4, -0.2) is 37.4 Å². The van der Waals surface area contributed by atoms with E-state index in [0.717, 1.165) is 25.9 Å². The minimum atomic E-state index is 0.327. The van der Waals surface area contributed by atoms with Crippen molar-refractivity contribution in [1.29, 1.82) is 0 Å². The predicted octanol–water partition coefficient (Wildman–Crippen LogP) is 0.491. The van der Waals surface area contributed by atoms with Gasteiger partial charge in [0.2, 0.25) is 0 Å². The zero-order valence-corrected chi connectivity index (χ0v) is 8.39. The monoisotopic (exact) mass is 186 g/mol. The van der Waals surface area contributed by atoms with Gasteiger partial charge in [-0.25, -0.2) is 0 Å². The van der Waals surface area contributed by atoms with E-state index in [1.807, 2.05) is 0 Å². The second kappa shape index (κ2) is 7.30. The quantitative estimate of drug-likeness (QED) is 0.548. The number of aliphatic hydroxyl groups excluding tert-OH is 1. The van der Waals surface area contributed by atoms with Crippen LogP contribution in [0.1, 0.15) is 32.1 Å². The third-order valence-corrected chi connectivity index (χ3v) is 2.59. The summed E-state index contributed by atoms with van der Waals surface area (Å²) in [4.78, 5) is 0. The molecule has 0 amide bonds. The molecule has 1 rings (SSSR count). The lowest BCUT2D eigenvalue weighted by Gasteiger charge is -2.15. The van der Waals surface area contributed by atoms with E-state index in [1.54, 1.807) is 0 Å². The molecular formula is C10H22N2O. The Kier molecular flexibility index (Phi) is 6.15. The first-order valence-corrected chi connectivity index (χ1v) is 5.48. The molecule has 0 aliphatic carbocycles. The van der Waals surface area contributed by atoms with Crippen LogP contribution in [0.15, 0.2) is 0 Å². The molecule has 0 bridgehead atoms. The number of rotatable bonds is 5. The normalized spacial score (nSPS) is 24.2. The van der Waals surface area contributed by atoms with E-state index < -0.39 is 0 Å². The maximum Gasteiger partial charge on any atom is 0.0431 e. The van der Waals surface area contributed by atoms with Crippen LogP contribution in [0.5, 0.6) is 0 Å². The highest BCUT2D eigenvalue weighted by atomic mass is 16.2. The molecule has 1 heterocycles. The standard InChI is InChI=1S/C10H22N2O/c13-9-2-1-7-12-10-4-3-6-11-8-5-10/h10-13H,1-9H2/t10-/m1/s1. The number of hydrogen-bond acceptors (Lipinski definition) is 3. The summed E-state index contributed by atoms with van der Waals surface area (Å²) >= 11 is 0. The molecule has 1 aliphatic rings. The molecule has 0 aromatic carbocycles. The van der Waals surface area contributed by atoms with Crippen LogP contribution >= 0.6 is 0 Å². The van der Waals surface area contributed by atoms with E-state index in [4.69, 9.17) is 5.11 Å². The Labute approximate surface area is 80.9 Å². The summed E-state index contributed by atoms with van der Waals surface area (Å²) in [6.45, 7) is 3.71. The Balaban J connectivity index is 1.98. The van der Waals surface area contributed by atoms with Crippen molar-refractivity contribution in [2.24, 2.45) is 0 Å². The van der Waals surface area contributed by atoms with E-state index in [9.17, 15) is 0 Å². The van der Waals surface area contributed by atoms with Crippen LogP contribution in [0, 0.1) is 0 Å². The summed E-state index contributed by atoms with van der Waals surface area (Å²) in [7, 11) is 0. The van der Waals surface area contributed by atoms with Gasteiger partial charge in [0.1, 0.15) is 0 Å². The lowest BCUT2D eigenvalue weighted by Crippen LogP contribution is -2.30. The minimum absolute atomic E-state index is 0.327. The average Bonchev–Trinajstić information content (AvgIpc) is 2.41. The number of aliphatic hydroxyl groups is 1. The van der Waals surface area contributed by atoms with Crippen LogP contribution in [0.2, 0.25) is 0 Å². The highest BCUT2D eigenvalue weighted by Crippen LogP contribution is 2.04. The zero-order valence-electron chi connectivity index (χ0n) is 8.39. The van der Waals surface area contributed by atoms with Gasteiger partial charge in [-0.1, -0.05) is 0 Å². The van der Waals surface area contributed by atoms with Gasteiger partial charge >= 0.3 is 0 Å². The molecule has 0 aromatic rings. The molecule has 3 heteroatoms. The van der Waals surface area contributed by atoms with Gasteiger partial charge in [-0.05, 0) is 51.7 Å². The molecule has 13 heavy (non-hydrogen) atoms. The molecular weight excluding hydrogens is 164 g/mol. The van der Waals surface area contributed by atoms with E-state index >= 15 is 0 Å². The number of nitrogens with one attached hydrogen (secondary N) is 2. The second-order valence-electron chi connectivity index (χ2n) is 3.76. The highest BCUT2D eigenvalue weighted by Gasteiger charge is 2.09. The van der Waals surface area contributed by atoms with Crippen LogP contribution in [0.25, 0.3) is 0 Å². The van der Waals surface area contributed by atoms with E-state index in [1.165, 1.54) is 25.8 Å². The molecule has 1 saturated heterocycles. The smallest absolute Gasteiger partial charge is 0.0431 e. The van der Waals surface area contributed by atoms with Crippen LogP contribution in [0.4, 0.5) is 0 Å². The predicted molar refractivity (Wildman–Crippen MR) is 54.8 cm³/mol. The SMILES string of the molecule is OCCCCN[C@@H]1CCCNCC1. The summed E-state index contributed by atoms with van der Waals surface area (Å²) in [6, 6.07) is 0.702. The van der Waals surface area contributed by atoms with E-state index in [-0.39, 0.29) is 0 Å². The van der Waals surface area contributed by atoms with Crippen molar-refractivity contribution < 1.29 is 5.11 Å². The molecule has 0 aromatic heterocycles. The maximum atomic E-state index is 8.61. The Morgan fingerprint density at radius 1 is 1.23 bits per heavy atom. The molecule has 0 saturated carbocycles. The van der Waals surface area contributed by atoms with Gasteiger partial charge in [0.15, 0.2) is 0 Å². The van der Waals surface area contributed by atoms with Gasteiger partial charge in [0.05, 0.1) is 0 Å². The Morgan fingerprint density at radius 3 is 3.00 bits per heavy atom. The largest absolute Gasteiger partial charge is 0.396 e. The van der Waals surface area contributed by atoms with Gasteiger partial charge in [-0.2, -0.15) is 0 Å². The summed E-state index contributed by atoms with van der Waals surface area (Å²) in [6.07, 6.45) is 5.86. The van der Waals surface area contributed by atoms with Crippen molar-refractivity contribution >= 4 is 0 Å². The highest BCUT2D eigenvalue weighted by molar-refractivity contribution is 4.72. The maximum absolute atomic E-state index is 8.61. The van der Waals surface area contributed by atoms with E-state index in [0.29, 0.717) is 12.6 Å². The molecule has 1 atom stereocenters. The van der Waals surface area contributed by atoms with Crippen LogP contribution in [0.3, 0.4) is 0 Å². The number of hydrogen-bond donors (Lipinski definition) is 3. The van der Waals surface area contributed by atoms with Crippen LogP contribution in [-0.2, 0) is 0 Å². The van der Waals surface area contributed by atoms with Crippen LogP contribution < -0.4 is 10.6 Å². The summed E-state index contributed by atoms with van der Waals surface area (Å²) < 4.78 is 0. The fourth-order valence-corrected chi connectivity index (χ4v) is 1.77. The average molecular weight is 186 g/mol. The third kappa shape index (κ3) is 5.24.